The number of rotatable bonds is 5. The molecule has 2 N–H and O–H groups in total. The zero-order valence-electron chi connectivity index (χ0n) is 17.8. The van der Waals surface area contributed by atoms with Crippen LogP contribution in [-0.2, 0) is 4.79 Å². The van der Waals surface area contributed by atoms with Crippen LogP contribution >= 0.6 is 23.2 Å². The Hall–Kier alpha value is -3.87. The number of hydrogen-bond donors (Lipinski definition) is 2. The van der Waals surface area contributed by atoms with Crippen LogP contribution in [0.3, 0.4) is 0 Å². The highest BCUT2D eigenvalue weighted by Crippen LogP contribution is 2.33. The smallest absolute Gasteiger partial charge is 0.250 e. The van der Waals surface area contributed by atoms with Crippen molar-refractivity contribution in [3.63, 3.8) is 0 Å². The van der Waals surface area contributed by atoms with Crippen molar-refractivity contribution >= 4 is 52.8 Å². The van der Waals surface area contributed by atoms with Crippen LogP contribution in [0.2, 0.25) is 10.0 Å². The number of allylic oxidation sites excluding steroid dienone is 1. The quantitative estimate of drug-likeness (QED) is 0.324. The molecule has 6 nitrogen and oxygen atoms in total. The average Bonchev–Trinajstić information content (AvgIpc) is 3.26. The number of carbonyl (C=O) groups excluding carboxylic acids is 1. The largest absolute Gasteiger partial charge is 0.324 e. The minimum Gasteiger partial charge on any atom is -0.324 e. The van der Waals surface area contributed by atoms with E-state index in [0.29, 0.717) is 16.0 Å². The second-order valence-corrected chi connectivity index (χ2v) is 8.46. The molecule has 3 aromatic carbocycles. The summed E-state index contributed by atoms with van der Waals surface area (Å²) in [5.41, 5.74) is 3.63. The van der Waals surface area contributed by atoms with Gasteiger partial charge >= 0.3 is 0 Å². The fourth-order valence-corrected chi connectivity index (χ4v) is 3.98. The minimum atomic E-state index is -0.356. The Morgan fingerprint density at radius 2 is 1.71 bits per heavy atom. The molecule has 1 atom stereocenters. The number of carbonyl (C=O) groups is 1. The van der Waals surface area contributed by atoms with E-state index in [1.54, 1.807) is 16.8 Å². The Kier molecular flexibility index (Phi) is 6.16. The summed E-state index contributed by atoms with van der Waals surface area (Å²) in [6, 6.07) is 24.6. The van der Waals surface area contributed by atoms with E-state index in [2.05, 4.69) is 26.8 Å². The van der Waals surface area contributed by atoms with Crippen LogP contribution in [0.25, 0.3) is 11.8 Å². The van der Waals surface area contributed by atoms with E-state index < -0.39 is 0 Å². The van der Waals surface area contributed by atoms with Crippen molar-refractivity contribution in [2.75, 3.05) is 10.6 Å². The summed E-state index contributed by atoms with van der Waals surface area (Å²) in [5, 5.41) is 11.8. The lowest BCUT2D eigenvalue weighted by molar-refractivity contribution is -0.111. The van der Waals surface area contributed by atoms with Crippen molar-refractivity contribution in [3.05, 3.63) is 118 Å². The average molecular weight is 488 g/mol. The van der Waals surface area contributed by atoms with Gasteiger partial charge in [0, 0.05) is 21.8 Å². The molecule has 1 aliphatic heterocycles. The Bertz CT molecular complexity index is 1390. The third-order valence-electron chi connectivity index (χ3n) is 5.32. The number of halogens is 2. The van der Waals surface area contributed by atoms with Crippen LogP contribution in [-0.4, -0.2) is 20.7 Å². The van der Waals surface area contributed by atoms with E-state index in [-0.39, 0.29) is 17.9 Å². The number of hydrogen-bond acceptors (Lipinski definition) is 4. The Labute approximate surface area is 206 Å². The van der Waals surface area contributed by atoms with Gasteiger partial charge in [0.05, 0.1) is 0 Å². The summed E-state index contributed by atoms with van der Waals surface area (Å²) in [5.74, 6) is 0.361. The van der Waals surface area contributed by atoms with Gasteiger partial charge in [-0.25, -0.2) is 4.68 Å². The normalized spacial score (nSPS) is 14.9. The lowest BCUT2D eigenvalue weighted by atomic mass is 10.0. The van der Waals surface area contributed by atoms with Gasteiger partial charge in [0.25, 0.3) is 11.9 Å². The topological polar surface area (TPSA) is 71.8 Å². The monoisotopic (exact) mass is 487 g/mol. The summed E-state index contributed by atoms with van der Waals surface area (Å²) >= 11 is 12.2. The molecule has 34 heavy (non-hydrogen) atoms. The fraction of sp³-hybridized carbons (Fsp3) is 0.0385. The molecule has 0 spiro atoms. The molecule has 0 fully saturated rings. The van der Waals surface area contributed by atoms with E-state index in [0.717, 1.165) is 22.4 Å². The Morgan fingerprint density at radius 1 is 0.971 bits per heavy atom. The van der Waals surface area contributed by atoms with Gasteiger partial charge in [-0.2, -0.15) is 4.98 Å². The molecular formula is C26H19Cl2N5O. The molecule has 8 heteroatoms. The van der Waals surface area contributed by atoms with Crippen molar-refractivity contribution < 1.29 is 4.79 Å². The minimum absolute atomic E-state index is 0.197. The predicted molar refractivity (Wildman–Crippen MR) is 137 cm³/mol. The summed E-state index contributed by atoms with van der Waals surface area (Å²) in [7, 11) is 0. The van der Waals surface area contributed by atoms with E-state index in [1.807, 2.05) is 72.8 Å². The molecule has 1 aliphatic rings. The number of amides is 1. The number of fused-ring (bicyclic) bond motifs is 1. The van der Waals surface area contributed by atoms with Crippen LogP contribution in [0.5, 0.6) is 0 Å². The number of nitrogens with zero attached hydrogens (tertiary/aromatic N) is 3. The van der Waals surface area contributed by atoms with Crippen LogP contribution in [0.1, 0.15) is 22.7 Å². The number of anilines is 2. The molecule has 1 amide bonds. The van der Waals surface area contributed by atoms with Gasteiger partial charge in [-0.05, 0) is 47.0 Å². The lowest BCUT2D eigenvalue weighted by Crippen LogP contribution is -2.20. The fourth-order valence-electron chi connectivity index (χ4n) is 3.66. The molecule has 5 rings (SSSR count). The molecule has 0 saturated heterocycles. The van der Waals surface area contributed by atoms with Crippen molar-refractivity contribution in [2.45, 2.75) is 6.04 Å². The van der Waals surface area contributed by atoms with Crippen LogP contribution < -0.4 is 10.6 Å². The lowest BCUT2D eigenvalue weighted by Gasteiger charge is -2.24. The molecule has 0 bridgehead atoms. The van der Waals surface area contributed by atoms with Crippen LogP contribution in [0.4, 0.5) is 11.9 Å². The van der Waals surface area contributed by atoms with Gasteiger partial charge in [0.15, 0.2) is 0 Å². The molecule has 0 aliphatic carbocycles. The standard InChI is InChI=1S/C26H19Cl2N5O/c27-20-13-10-18(11-14-20)22-16-23(19-7-2-1-3-8-19)33-26(29-22)31-25(32-33)30-24(34)15-12-17-6-4-5-9-21(17)28/h1-16,23H,(H2,29,30,31,32,34). The first-order valence-corrected chi connectivity index (χ1v) is 11.3. The van der Waals surface area contributed by atoms with E-state index >= 15 is 0 Å². The number of nitrogens with one attached hydrogen (secondary N) is 2. The summed E-state index contributed by atoms with van der Waals surface area (Å²) in [6.45, 7) is 0. The highest BCUT2D eigenvalue weighted by Gasteiger charge is 2.25. The van der Waals surface area contributed by atoms with E-state index in [1.165, 1.54) is 6.08 Å². The van der Waals surface area contributed by atoms with Crippen molar-refractivity contribution in [1.29, 1.82) is 0 Å². The van der Waals surface area contributed by atoms with Gasteiger partial charge in [-0.15, -0.1) is 5.10 Å². The van der Waals surface area contributed by atoms with E-state index in [9.17, 15) is 4.79 Å². The summed E-state index contributed by atoms with van der Waals surface area (Å²) in [6.07, 6.45) is 5.13. The highest BCUT2D eigenvalue weighted by molar-refractivity contribution is 6.32. The van der Waals surface area contributed by atoms with Crippen molar-refractivity contribution in [3.8, 4) is 0 Å². The maximum atomic E-state index is 12.5. The summed E-state index contributed by atoms with van der Waals surface area (Å²) in [4.78, 5) is 17.0. The zero-order chi connectivity index (χ0) is 23.5. The predicted octanol–water partition coefficient (Wildman–Crippen LogP) is 6.29. The van der Waals surface area contributed by atoms with E-state index in [4.69, 9.17) is 23.2 Å². The van der Waals surface area contributed by atoms with Gasteiger partial charge < -0.3 is 5.32 Å². The zero-order valence-corrected chi connectivity index (χ0v) is 19.3. The first-order valence-electron chi connectivity index (χ1n) is 10.6. The maximum absolute atomic E-state index is 12.5. The van der Waals surface area contributed by atoms with Gasteiger partial charge in [0.2, 0.25) is 5.95 Å². The Morgan fingerprint density at radius 3 is 2.47 bits per heavy atom. The molecule has 0 saturated carbocycles. The molecular weight excluding hydrogens is 469 g/mol. The van der Waals surface area contributed by atoms with Gasteiger partial charge in [-0.3, -0.25) is 10.1 Å². The highest BCUT2D eigenvalue weighted by atomic mass is 35.5. The SMILES string of the molecule is O=C(C=Cc1ccccc1Cl)Nc1nc2n(n1)C(c1ccccc1)C=C(c1ccc(Cl)cc1)N2. The first-order chi connectivity index (χ1) is 16.6. The third kappa shape index (κ3) is 4.73. The molecule has 1 unspecified atom stereocenters. The molecule has 0 radical (unpaired) electrons. The molecule has 2 heterocycles. The second kappa shape index (κ2) is 9.55. The maximum Gasteiger partial charge on any atom is 0.250 e. The van der Waals surface area contributed by atoms with Crippen LogP contribution in [0.15, 0.2) is 91.0 Å². The van der Waals surface area contributed by atoms with Gasteiger partial charge in [0.1, 0.15) is 6.04 Å². The third-order valence-corrected chi connectivity index (χ3v) is 5.91. The van der Waals surface area contributed by atoms with Crippen LogP contribution in [0, 0.1) is 0 Å². The van der Waals surface area contributed by atoms with Crippen molar-refractivity contribution in [2.24, 2.45) is 0 Å². The Balaban J connectivity index is 1.43. The second-order valence-electron chi connectivity index (χ2n) is 7.62. The number of aromatic nitrogens is 3. The molecule has 168 valence electrons. The number of benzene rings is 3. The first kappa shape index (κ1) is 21.9. The molecule has 4 aromatic rings. The van der Waals surface area contributed by atoms with Gasteiger partial charge in [-0.1, -0.05) is 83.9 Å². The van der Waals surface area contributed by atoms with Crippen molar-refractivity contribution in [1.82, 2.24) is 14.8 Å². The summed E-state index contributed by atoms with van der Waals surface area (Å²) < 4.78 is 1.75. The molecule has 1 aromatic heterocycles.